The molecule has 2 rings (SSSR count). The minimum absolute atomic E-state index is 0.00971. The van der Waals surface area contributed by atoms with Crippen LogP contribution in [0.1, 0.15) is 52.9 Å². The van der Waals surface area contributed by atoms with Gasteiger partial charge in [0.25, 0.3) is 0 Å². The Morgan fingerprint density at radius 3 is 2.71 bits per heavy atom. The van der Waals surface area contributed by atoms with Gasteiger partial charge in [0.15, 0.2) is 19.5 Å². The molecule has 0 spiro atoms. The van der Waals surface area contributed by atoms with Gasteiger partial charge < -0.3 is 18.7 Å². The van der Waals surface area contributed by atoms with Gasteiger partial charge in [-0.3, -0.25) is 0 Å². The number of aromatic carboxylic acids is 1. The minimum Gasteiger partial charge on any atom is -0.477 e. The molecule has 8 heteroatoms. The maximum absolute atomic E-state index is 11.2. The fourth-order valence-corrected chi connectivity index (χ4v) is 6.07. The van der Waals surface area contributed by atoms with Crippen LogP contribution in [0.5, 0.6) is 0 Å². The second-order valence-corrected chi connectivity index (χ2v) is 9.59. The normalized spacial score (nSPS) is 20.1. The van der Waals surface area contributed by atoms with E-state index in [4.69, 9.17) is 13.6 Å². The Bertz CT molecular complexity index is 555. The second kappa shape index (κ2) is 8.73. The van der Waals surface area contributed by atoms with Gasteiger partial charge in [-0.2, -0.15) is 0 Å². The van der Waals surface area contributed by atoms with Crippen molar-refractivity contribution < 1.29 is 23.5 Å². The van der Waals surface area contributed by atoms with Crippen LogP contribution in [-0.4, -0.2) is 43.5 Å². The van der Waals surface area contributed by atoms with Crippen molar-refractivity contribution in [1.29, 1.82) is 0 Å². The first kappa shape index (κ1) is 19.8. The Balaban J connectivity index is 2.05. The third-order valence-corrected chi connectivity index (χ3v) is 6.89. The lowest BCUT2D eigenvalue weighted by Crippen LogP contribution is -2.36. The Hall–Kier alpha value is -0.516. The summed E-state index contributed by atoms with van der Waals surface area (Å²) in [5.74, 6) is -0.851. The van der Waals surface area contributed by atoms with E-state index in [0.717, 1.165) is 29.7 Å². The summed E-state index contributed by atoms with van der Waals surface area (Å²) in [5, 5.41) is 9.21. The van der Waals surface area contributed by atoms with Crippen LogP contribution in [-0.2, 0) is 20.0 Å². The lowest BCUT2D eigenvalue weighted by atomic mass is 9.85. The molecule has 0 aromatic carbocycles. The van der Waals surface area contributed by atoms with Gasteiger partial charge in [-0.15, -0.1) is 11.3 Å². The number of thiophene rings is 1. The lowest BCUT2D eigenvalue weighted by molar-refractivity contribution is -0.0883. The molecule has 1 aromatic heterocycles. The van der Waals surface area contributed by atoms with Gasteiger partial charge in [0.2, 0.25) is 0 Å². The van der Waals surface area contributed by atoms with Gasteiger partial charge in [-0.25, -0.2) is 4.79 Å². The topological polar surface area (TPSA) is 65.0 Å². The molecule has 0 saturated carbocycles. The molecule has 0 radical (unpaired) electrons. The zero-order valence-electron chi connectivity index (χ0n) is 15.0. The van der Waals surface area contributed by atoms with Gasteiger partial charge in [0.1, 0.15) is 11.2 Å². The monoisotopic (exact) mass is 388 g/mol. The van der Waals surface area contributed by atoms with Crippen LogP contribution < -0.4 is 0 Å². The summed E-state index contributed by atoms with van der Waals surface area (Å²) >= 11 is 1.36. The van der Waals surface area contributed by atoms with E-state index in [0.29, 0.717) is 11.5 Å². The summed E-state index contributed by atoms with van der Waals surface area (Å²) in [5.41, 5.74) is 1.07. The van der Waals surface area contributed by atoms with E-state index in [-0.39, 0.29) is 17.8 Å². The van der Waals surface area contributed by atoms with Crippen molar-refractivity contribution in [1.82, 2.24) is 0 Å². The number of hydrogen-bond acceptors (Lipinski definition) is 5. The molecule has 1 atom stereocenters. The maximum Gasteiger partial charge on any atom is 0.345 e. The molecule has 5 nitrogen and oxygen atoms in total. The quantitative estimate of drug-likeness (QED) is 0.520. The van der Waals surface area contributed by atoms with Gasteiger partial charge in [0.05, 0.1) is 12.7 Å². The molecule has 1 N–H and O–H groups in total. The van der Waals surface area contributed by atoms with E-state index >= 15 is 0 Å². The number of carboxylic acid groups (broad SMARTS) is 1. The Labute approximate surface area is 152 Å². The zero-order chi connectivity index (χ0) is 17.7. The molecule has 1 aromatic rings. The van der Waals surface area contributed by atoms with Gasteiger partial charge in [0, 0.05) is 10.3 Å². The van der Waals surface area contributed by atoms with Crippen LogP contribution in [0.25, 0.3) is 0 Å². The van der Waals surface area contributed by atoms with Crippen LogP contribution in [0.4, 0.5) is 0 Å². The molecule has 1 unspecified atom stereocenters. The third kappa shape index (κ3) is 4.77. The van der Waals surface area contributed by atoms with Crippen molar-refractivity contribution in [3.05, 3.63) is 21.4 Å². The van der Waals surface area contributed by atoms with E-state index in [1.807, 2.05) is 6.07 Å². The first-order chi connectivity index (χ1) is 11.4. The summed E-state index contributed by atoms with van der Waals surface area (Å²) in [6.07, 6.45) is 2.46. The minimum atomic E-state index is -0.851. The van der Waals surface area contributed by atoms with Crippen molar-refractivity contribution in [2.24, 2.45) is 5.41 Å². The third-order valence-electron chi connectivity index (χ3n) is 4.36. The van der Waals surface area contributed by atoms with Gasteiger partial charge in [-0.05, 0) is 30.9 Å². The number of ether oxygens (including phenoxy) is 1. The highest BCUT2D eigenvalue weighted by Crippen LogP contribution is 2.40. The summed E-state index contributed by atoms with van der Waals surface area (Å²) < 4.78 is 17.8. The Morgan fingerprint density at radius 2 is 2.12 bits per heavy atom. The van der Waals surface area contributed by atoms with E-state index in [9.17, 15) is 9.90 Å². The van der Waals surface area contributed by atoms with Crippen molar-refractivity contribution in [2.75, 3.05) is 6.61 Å². The van der Waals surface area contributed by atoms with E-state index in [1.54, 1.807) is 0 Å². The van der Waals surface area contributed by atoms with Gasteiger partial charge >= 0.3 is 5.97 Å². The van der Waals surface area contributed by atoms with Gasteiger partial charge in [-0.1, -0.05) is 26.9 Å². The van der Waals surface area contributed by atoms with Crippen molar-refractivity contribution in [2.45, 2.75) is 58.6 Å². The molecular weight excluding hydrogens is 360 g/mol. The van der Waals surface area contributed by atoms with Crippen molar-refractivity contribution >= 4 is 36.8 Å². The zero-order valence-corrected chi connectivity index (χ0v) is 18.6. The fraction of sp³-hybridized carbons (Fsp3) is 0.688. The first-order valence-corrected chi connectivity index (χ1v) is 13.4. The largest absolute Gasteiger partial charge is 0.477 e. The lowest BCUT2D eigenvalue weighted by Gasteiger charge is -2.36. The summed E-state index contributed by atoms with van der Waals surface area (Å²) in [7, 11) is -1.05. The molecular formula is C16H28O5SSi2. The number of carboxylic acids is 1. The average molecular weight is 389 g/mol. The van der Waals surface area contributed by atoms with Crippen LogP contribution in [0.2, 0.25) is 13.1 Å². The molecule has 0 bridgehead atoms. The summed E-state index contributed by atoms with van der Waals surface area (Å²) in [4.78, 5) is 12.7. The second-order valence-electron chi connectivity index (χ2n) is 6.68. The van der Waals surface area contributed by atoms with Crippen LogP contribution in [0, 0.1) is 5.41 Å². The molecule has 0 amide bonds. The highest BCUT2D eigenvalue weighted by molar-refractivity contribution is 7.14. The predicted molar refractivity (Wildman–Crippen MR) is 101 cm³/mol. The molecule has 0 fully saturated rings. The highest BCUT2D eigenvalue weighted by atomic mass is 32.1. The summed E-state index contributed by atoms with van der Waals surface area (Å²) in [6.45, 7) is 9.28. The Kier molecular flexibility index (Phi) is 7.20. The molecule has 1 aliphatic heterocycles. The number of fused-ring (bicyclic) bond motifs is 1. The average Bonchev–Trinajstić information content (AvgIpc) is 2.97. The summed E-state index contributed by atoms with van der Waals surface area (Å²) in [6, 6.07) is 1.81. The van der Waals surface area contributed by atoms with Crippen LogP contribution >= 0.6 is 11.3 Å². The molecule has 2 heterocycles. The highest BCUT2D eigenvalue weighted by Gasteiger charge is 2.33. The number of hydrogen-bond donors (Lipinski definition) is 1. The van der Waals surface area contributed by atoms with Crippen molar-refractivity contribution in [3.8, 4) is 0 Å². The predicted octanol–water partition coefficient (Wildman–Crippen LogP) is 2.49. The van der Waals surface area contributed by atoms with Crippen molar-refractivity contribution in [3.63, 3.8) is 0 Å². The number of carbonyl (C=O) groups is 1. The standard InChI is InChI=1S/C16H28O5SSi2/c1-16(2,15(20-23-3)21-24-4)7-5-11-13-10(6-8-19-11)9-12(22-13)14(17)18/h9,11,15H,5-8,23-24H2,1-4H3,(H,17,18). The van der Waals surface area contributed by atoms with E-state index in [2.05, 4.69) is 26.9 Å². The maximum atomic E-state index is 11.2. The molecule has 24 heavy (non-hydrogen) atoms. The fourth-order valence-electron chi connectivity index (χ4n) is 3.04. The molecule has 136 valence electrons. The van der Waals surface area contributed by atoms with E-state index < -0.39 is 25.5 Å². The molecule has 0 saturated heterocycles. The molecule has 1 aliphatic rings. The Morgan fingerprint density at radius 1 is 1.46 bits per heavy atom. The van der Waals surface area contributed by atoms with Crippen LogP contribution in [0.15, 0.2) is 6.07 Å². The smallest absolute Gasteiger partial charge is 0.345 e. The SMILES string of the molecule is C[SiH2]OC(O[SiH2]C)C(C)(C)CCC1OCCc2cc(C(=O)O)sc21. The van der Waals surface area contributed by atoms with Crippen LogP contribution in [0.3, 0.4) is 0 Å². The molecule has 0 aliphatic carbocycles. The van der Waals surface area contributed by atoms with E-state index in [1.165, 1.54) is 11.3 Å². The first-order valence-electron chi connectivity index (χ1n) is 8.59. The number of rotatable bonds is 9.